The summed E-state index contributed by atoms with van der Waals surface area (Å²) < 4.78 is 21.9. The van der Waals surface area contributed by atoms with Crippen LogP contribution in [0.25, 0.3) is 6.08 Å². The number of nitrogens with zero attached hydrogens (tertiary/aromatic N) is 1. The minimum Gasteiger partial charge on any atom is -0.493 e. The smallest absolute Gasteiger partial charge is 0.291 e. The van der Waals surface area contributed by atoms with E-state index in [1.54, 1.807) is 36.4 Å². The van der Waals surface area contributed by atoms with E-state index >= 15 is 0 Å². The lowest BCUT2D eigenvalue weighted by atomic mass is 10.0. The maximum atomic E-state index is 11.5. The van der Waals surface area contributed by atoms with Crippen LogP contribution in [0.15, 0.2) is 42.1 Å². The molecule has 7 heteroatoms. The van der Waals surface area contributed by atoms with Crippen molar-refractivity contribution in [3.63, 3.8) is 0 Å². The van der Waals surface area contributed by atoms with Crippen LogP contribution >= 0.6 is 0 Å². The van der Waals surface area contributed by atoms with Gasteiger partial charge in [-0.15, -0.1) is 0 Å². The van der Waals surface area contributed by atoms with Crippen LogP contribution in [-0.4, -0.2) is 18.8 Å². The number of para-hydroxylation sites is 1. The van der Waals surface area contributed by atoms with Crippen molar-refractivity contribution >= 4 is 6.08 Å². The lowest BCUT2D eigenvalue weighted by molar-refractivity contribution is -0.434. The van der Waals surface area contributed by atoms with Crippen molar-refractivity contribution in [2.45, 2.75) is 6.10 Å². The summed E-state index contributed by atoms with van der Waals surface area (Å²) in [4.78, 5) is 11.1. The van der Waals surface area contributed by atoms with Crippen molar-refractivity contribution in [1.82, 2.24) is 0 Å². The van der Waals surface area contributed by atoms with Gasteiger partial charge in [0.05, 0.1) is 12.0 Å². The minimum atomic E-state index is -0.863. The third-order valence-corrected chi connectivity index (χ3v) is 3.95. The zero-order valence-corrected chi connectivity index (χ0v) is 12.7. The van der Waals surface area contributed by atoms with Gasteiger partial charge in [-0.1, -0.05) is 18.2 Å². The molecule has 0 radical (unpaired) electrons. The number of fused-ring (bicyclic) bond motifs is 2. The summed E-state index contributed by atoms with van der Waals surface area (Å²) in [5.74, 6) is 2.16. The second-order valence-electron chi connectivity index (χ2n) is 5.32. The second-order valence-corrected chi connectivity index (χ2v) is 5.32. The molecule has 7 nitrogen and oxygen atoms in total. The van der Waals surface area contributed by atoms with E-state index in [1.807, 2.05) is 0 Å². The number of methoxy groups -OCH3 is 1. The van der Waals surface area contributed by atoms with Crippen molar-refractivity contribution < 1.29 is 23.9 Å². The summed E-state index contributed by atoms with van der Waals surface area (Å²) >= 11 is 0. The Hall–Kier alpha value is -3.22. The van der Waals surface area contributed by atoms with Crippen LogP contribution in [0.3, 0.4) is 0 Å². The Labute approximate surface area is 137 Å². The molecular weight excluding hydrogens is 314 g/mol. The van der Waals surface area contributed by atoms with E-state index in [2.05, 4.69) is 0 Å². The van der Waals surface area contributed by atoms with Gasteiger partial charge >= 0.3 is 0 Å². The Morgan fingerprint density at radius 1 is 1.21 bits per heavy atom. The lowest BCUT2D eigenvalue weighted by Gasteiger charge is -2.24. The zero-order chi connectivity index (χ0) is 16.7. The van der Waals surface area contributed by atoms with Gasteiger partial charge in [0.25, 0.3) is 5.70 Å². The van der Waals surface area contributed by atoms with Gasteiger partial charge in [0.2, 0.25) is 12.9 Å². The van der Waals surface area contributed by atoms with E-state index in [-0.39, 0.29) is 12.5 Å². The highest BCUT2D eigenvalue weighted by Crippen LogP contribution is 2.44. The first-order chi connectivity index (χ1) is 11.7. The van der Waals surface area contributed by atoms with Gasteiger partial charge in [0, 0.05) is 17.2 Å². The molecule has 0 amide bonds. The molecule has 0 N–H and O–H groups in total. The molecule has 0 saturated heterocycles. The molecule has 2 aromatic carbocycles. The van der Waals surface area contributed by atoms with E-state index in [1.165, 1.54) is 13.2 Å². The number of hydrogen-bond donors (Lipinski definition) is 0. The number of nitro groups is 1. The molecule has 2 aliphatic heterocycles. The molecule has 2 aliphatic rings. The normalized spacial score (nSPS) is 17.5. The summed E-state index contributed by atoms with van der Waals surface area (Å²) in [6.45, 7) is 0.138. The third kappa shape index (κ3) is 2.21. The Bertz CT molecular complexity index is 860. The van der Waals surface area contributed by atoms with Gasteiger partial charge in [-0.3, -0.25) is 10.1 Å². The van der Waals surface area contributed by atoms with Crippen molar-refractivity contribution in [3.8, 4) is 23.0 Å². The Balaban J connectivity index is 1.82. The molecule has 0 saturated carbocycles. The van der Waals surface area contributed by atoms with Gasteiger partial charge in [0.1, 0.15) is 0 Å². The van der Waals surface area contributed by atoms with E-state index in [9.17, 15) is 10.1 Å². The van der Waals surface area contributed by atoms with E-state index in [0.29, 0.717) is 34.1 Å². The highest BCUT2D eigenvalue weighted by Gasteiger charge is 2.35. The Morgan fingerprint density at radius 3 is 2.83 bits per heavy atom. The molecule has 1 unspecified atom stereocenters. The molecule has 24 heavy (non-hydrogen) atoms. The van der Waals surface area contributed by atoms with Gasteiger partial charge in [-0.25, -0.2) is 0 Å². The molecular formula is C17H13NO6. The second kappa shape index (κ2) is 5.45. The first-order valence-electron chi connectivity index (χ1n) is 7.26. The maximum absolute atomic E-state index is 11.5. The Morgan fingerprint density at radius 2 is 2.04 bits per heavy atom. The van der Waals surface area contributed by atoms with Crippen LogP contribution in [0.4, 0.5) is 0 Å². The fraction of sp³-hybridized carbons (Fsp3) is 0.176. The largest absolute Gasteiger partial charge is 0.493 e. The molecule has 1 atom stereocenters. The summed E-state index contributed by atoms with van der Waals surface area (Å²) in [5, 5.41) is 11.5. The van der Waals surface area contributed by atoms with Gasteiger partial charge in [-0.05, 0) is 18.2 Å². The van der Waals surface area contributed by atoms with E-state index in [0.717, 1.165) is 0 Å². The van der Waals surface area contributed by atoms with Crippen LogP contribution in [0.5, 0.6) is 23.0 Å². The van der Waals surface area contributed by atoms with Crippen LogP contribution in [0.2, 0.25) is 0 Å². The van der Waals surface area contributed by atoms with Crippen molar-refractivity contribution in [2.75, 3.05) is 13.9 Å². The topological polar surface area (TPSA) is 80.1 Å². The number of ether oxygens (including phenoxy) is 4. The summed E-state index contributed by atoms with van der Waals surface area (Å²) in [6, 6.07) is 10.4. The molecule has 0 aromatic heterocycles. The van der Waals surface area contributed by atoms with Gasteiger partial charge in [0.15, 0.2) is 23.0 Å². The van der Waals surface area contributed by atoms with Crippen LogP contribution in [0.1, 0.15) is 17.2 Å². The molecule has 2 aromatic rings. The summed E-state index contributed by atoms with van der Waals surface area (Å²) in [6.07, 6.45) is 0.648. The van der Waals surface area contributed by atoms with Crippen LogP contribution in [-0.2, 0) is 0 Å². The number of hydrogen-bond acceptors (Lipinski definition) is 6. The number of benzene rings is 2. The minimum absolute atomic E-state index is 0.0466. The van der Waals surface area contributed by atoms with E-state index < -0.39 is 11.0 Å². The average molecular weight is 327 g/mol. The predicted molar refractivity (Wildman–Crippen MR) is 83.9 cm³/mol. The van der Waals surface area contributed by atoms with Crippen LogP contribution in [0, 0.1) is 10.1 Å². The molecule has 0 spiro atoms. The summed E-state index contributed by atoms with van der Waals surface area (Å²) in [7, 11) is 1.53. The predicted octanol–water partition coefficient (Wildman–Crippen LogP) is 3.18. The van der Waals surface area contributed by atoms with Crippen molar-refractivity contribution in [3.05, 3.63) is 63.3 Å². The van der Waals surface area contributed by atoms with Crippen molar-refractivity contribution in [1.29, 1.82) is 0 Å². The Kier molecular flexibility index (Phi) is 3.26. The molecule has 0 fully saturated rings. The zero-order valence-electron chi connectivity index (χ0n) is 12.7. The molecule has 2 heterocycles. The van der Waals surface area contributed by atoms with E-state index in [4.69, 9.17) is 18.9 Å². The SMILES string of the molecule is COc1cccc2c1OC(c1ccc3c(c1)OCO3)C([N+](=O)[O-])=C2. The summed E-state index contributed by atoms with van der Waals surface area (Å²) in [5.41, 5.74) is 1.17. The first kappa shape index (κ1) is 14.4. The first-order valence-corrected chi connectivity index (χ1v) is 7.26. The standard InChI is InChI=1S/C17H13NO6/c1-21-14-4-2-3-10-7-12(18(19)20)16(24-17(10)14)11-5-6-13-15(8-11)23-9-22-13/h2-8,16H,9H2,1H3. The maximum Gasteiger partial charge on any atom is 0.291 e. The van der Waals surface area contributed by atoms with Gasteiger partial charge in [-0.2, -0.15) is 0 Å². The fourth-order valence-corrected chi connectivity index (χ4v) is 2.81. The molecule has 4 rings (SSSR count). The fourth-order valence-electron chi connectivity index (χ4n) is 2.81. The van der Waals surface area contributed by atoms with Crippen LogP contribution < -0.4 is 18.9 Å². The van der Waals surface area contributed by atoms with Crippen molar-refractivity contribution in [2.24, 2.45) is 0 Å². The third-order valence-electron chi connectivity index (χ3n) is 3.95. The highest BCUT2D eigenvalue weighted by molar-refractivity contribution is 5.66. The molecule has 122 valence electrons. The monoisotopic (exact) mass is 327 g/mol. The quantitative estimate of drug-likeness (QED) is 0.636. The number of rotatable bonds is 3. The molecule has 0 bridgehead atoms. The lowest BCUT2D eigenvalue weighted by Crippen LogP contribution is -2.20. The highest BCUT2D eigenvalue weighted by atomic mass is 16.7. The average Bonchev–Trinajstić information content (AvgIpc) is 3.07. The van der Waals surface area contributed by atoms with Gasteiger partial charge < -0.3 is 18.9 Å². The molecule has 0 aliphatic carbocycles.